The van der Waals surface area contributed by atoms with Crippen molar-refractivity contribution in [2.45, 2.75) is 39.8 Å². The lowest BCUT2D eigenvalue weighted by molar-refractivity contribution is 0.109. The summed E-state index contributed by atoms with van der Waals surface area (Å²) in [7, 11) is 0. The molecule has 4 nitrogen and oxygen atoms in total. The Bertz CT molecular complexity index is 143. The summed E-state index contributed by atoms with van der Waals surface area (Å²) in [5.41, 5.74) is 2.51. The number of ether oxygens (including phenoxy) is 1. The third-order valence-electron chi connectivity index (χ3n) is 1.13. The summed E-state index contributed by atoms with van der Waals surface area (Å²) in [6, 6.07) is 0.242. The van der Waals surface area contributed by atoms with Gasteiger partial charge in [0.25, 0.3) is 0 Å². The maximum absolute atomic E-state index is 5.32. The van der Waals surface area contributed by atoms with Crippen LogP contribution in [0.3, 0.4) is 0 Å². The monoisotopic (exact) mass is 173 g/mol. The molecule has 0 amide bonds. The molecule has 0 radical (unpaired) electrons. The summed E-state index contributed by atoms with van der Waals surface area (Å²) in [4.78, 5) is 4.22. The number of hydrogen-bond donors (Lipinski definition) is 2. The molecule has 0 atom stereocenters. The van der Waals surface area contributed by atoms with Gasteiger partial charge in [0, 0.05) is 6.04 Å². The number of nitrogens with one attached hydrogen (secondary N) is 1. The molecule has 0 rings (SSSR count). The zero-order valence-electron chi connectivity index (χ0n) is 8.29. The fraction of sp³-hybridized carbons (Fsp3) is 0.875. The Morgan fingerprint density at radius 3 is 2.33 bits per heavy atom. The smallest absolute Gasteiger partial charge is 0.137 e. The van der Waals surface area contributed by atoms with Gasteiger partial charge in [-0.25, -0.2) is 5.84 Å². The maximum atomic E-state index is 5.32. The summed E-state index contributed by atoms with van der Waals surface area (Å²) >= 11 is 0. The lowest BCUT2D eigenvalue weighted by Gasteiger charge is -2.10. The van der Waals surface area contributed by atoms with E-state index in [2.05, 4.69) is 10.4 Å². The number of rotatable bonds is 4. The standard InChI is InChI=1S/C8H19N3O/c1-6(2)10-8(11-9)5-12-7(3)4/h6-7H,5,9H2,1-4H3,(H,10,11). The highest BCUT2D eigenvalue weighted by atomic mass is 16.5. The minimum Gasteiger partial charge on any atom is -0.371 e. The molecule has 0 unspecified atom stereocenters. The summed E-state index contributed by atoms with van der Waals surface area (Å²) in [6.45, 7) is 8.39. The highest BCUT2D eigenvalue weighted by Gasteiger charge is 1.99. The van der Waals surface area contributed by atoms with E-state index in [0.717, 1.165) is 0 Å². The molecule has 3 N–H and O–H groups in total. The first kappa shape index (κ1) is 11.4. The molecule has 0 aliphatic carbocycles. The van der Waals surface area contributed by atoms with Gasteiger partial charge >= 0.3 is 0 Å². The van der Waals surface area contributed by atoms with E-state index in [1.807, 2.05) is 27.7 Å². The van der Waals surface area contributed by atoms with Crippen molar-refractivity contribution >= 4 is 5.84 Å². The Labute approximate surface area is 74.2 Å². The molecule has 0 bridgehead atoms. The number of nitrogens with two attached hydrogens (primary N) is 1. The number of hydrogen-bond acceptors (Lipinski definition) is 3. The van der Waals surface area contributed by atoms with Crippen LogP contribution in [0.4, 0.5) is 0 Å². The zero-order chi connectivity index (χ0) is 9.56. The molecule has 0 saturated heterocycles. The van der Waals surface area contributed by atoms with E-state index in [1.165, 1.54) is 0 Å². The number of aliphatic imine (C=N–C) groups is 1. The van der Waals surface area contributed by atoms with Crippen molar-refractivity contribution in [2.75, 3.05) is 6.61 Å². The van der Waals surface area contributed by atoms with Crippen molar-refractivity contribution in [2.24, 2.45) is 10.8 Å². The van der Waals surface area contributed by atoms with Crippen LogP contribution in [0.25, 0.3) is 0 Å². The van der Waals surface area contributed by atoms with Gasteiger partial charge in [0.2, 0.25) is 0 Å². The predicted molar refractivity (Wildman–Crippen MR) is 51.0 cm³/mol. The van der Waals surface area contributed by atoms with Crippen molar-refractivity contribution in [1.82, 2.24) is 5.43 Å². The van der Waals surface area contributed by atoms with Crippen LogP contribution in [-0.4, -0.2) is 24.6 Å². The average Bonchev–Trinajstić information content (AvgIpc) is 1.97. The Hall–Kier alpha value is -0.610. The lowest BCUT2D eigenvalue weighted by Crippen LogP contribution is -2.35. The Balaban J connectivity index is 3.83. The highest BCUT2D eigenvalue weighted by molar-refractivity contribution is 5.82. The van der Waals surface area contributed by atoms with E-state index in [9.17, 15) is 0 Å². The fourth-order valence-electron chi connectivity index (χ4n) is 0.673. The van der Waals surface area contributed by atoms with Gasteiger partial charge in [-0.3, -0.25) is 4.99 Å². The number of hydrazine groups is 1. The zero-order valence-corrected chi connectivity index (χ0v) is 8.29. The van der Waals surface area contributed by atoms with Crippen LogP contribution in [0.1, 0.15) is 27.7 Å². The van der Waals surface area contributed by atoms with Crippen molar-refractivity contribution in [1.29, 1.82) is 0 Å². The second-order valence-electron chi connectivity index (χ2n) is 3.17. The lowest BCUT2D eigenvalue weighted by atomic mass is 10.4. The van der Waals surface area contributed by atoms with E-state index in [1.54, 1.807) is 0 Å². The molecule has 72 valence electrons. The molecule has 0 spiro atoms. The topological polar surface area (TPSA) is 59.6 Å². The Morgan fingerprint density at radius 2 is 2.00 bits per heavy atom. The van der Waals surface area contributed by atoms with Gasteiger partial charge in [0.1, 0.15) is 12.4 Å². The molecule has 0 aromatic rings. The Morgan fingerprint density at radius 1 is 1.42 bits per heavy atom. The summed E-state index contributed by atoms with van der Waals surface area (Å²) in [6.07, 6.45) is 0.204. The first-order valence-corrected chi connectivity index (χ1v) is 4.21. The average molecular weight is 173 g/mol. The fourth-order valence-corrected chi connectivity index (χ4v) is 0.673. The van der Waals surface area contributed by atoms with Crippen LogP contribution >= 0.6 is 0 Å². The quantitative estimate of drug-likeness (QED) is 0.284. The van der Waals surface area contributed by atoms with Gasteiger partial charge in [-0.1, -0.05) is 0 Å². The van der Waals surface area contributed by atoms with Crippen molar-refractivity contribution < 1.29 is 4.74 Å². The molecule has 0 aromatic heterocycles. The van der Waals surface area contributed by atoms with Crippen LogP contribution in [0.2, 0.25) is 0 Å². The molecule has 0 aromatic carbocycles. The molecule has 0 aliphatic rings. The molecule has 4 heteroatoms. The molecule has 0 fully saturated rings. The van der Waals surface area contributed by atoms with Crippen molar-refractivity contribution in [3.05, 3.63) is 0 Å². The third-order valence-corrected chi connectivity index (χ3v) is 1.13. The second-order valence-corrected chi connectivity index (χ2v) is 3.17. The summed E-state index contributed by atoms with van der Waals surface area (Å²) in [5.74, 6) is 5.94. The van der Waals surface area contributed by atoms with Gasteiger partial charge in [0.05, 0.1) is 6.10 Å². The van der Waals surface area contributed by atoms with Crippen LogP contribution < -0.4 is 11.3 Å². The van der Waals surface area contributed by atoms with Gasteiger partial charge in [-0.05, 0) is 27.7 Å². The maximum Gasteiger partial charge on any atom is 0.137 e. The first-order chi connectivity index (χ1) is 5.56. The van der Waals surface area contributed by atoms with E-state index in [0.29, 0.717) is 12.4 Å². The molecular weight excluding hydrogens is 154 g/mol. The molecule has 0 aliphatic heterocycles. The minimum atomic E-state index is 0.204. The largest absolute Gasteiger partial charge is 0.371 e. The van der Waals surface area contributed by atoms with Gasteiger partial charge in [-0.2, -0.15) is 0 Å². The third kappa shape index (κ3) is 6.12. The Kier molecular flexibility index (Phi) is 5.66. The van der Waals surface area contributed by atoms with Gasteiger partial charge in [0.15, 0.2) is 0 Å². The van der Waals surface area contributed by atoms with Crippen molar-refractivity contribution in [3.63, 3.8) is 0 Å². The van der Waals surface area contributed by atoms with Crippen LogP contribution in [0.15, 0.2) is 4.99 Å². The minimum absolute atomic E-state index is 0.204. The molecular formula is C8H19N3O. The highest BCUT2D eigenvalue weighted by Crippen LogP contribution is 1.90. The normalized spacial score (nSPS) is 12.8. The van der Waals surface area contributed by atoms with Gasteiger partial charge in [-0.15, -0.1) is 0 Å². The van der Waals surface area contributed by atoms with Crippen LogP contribution in [0.5, 0.6) is 0 Å². The van der Waals surface area contributed by atoms with E-state index < -0.39 is 0 Å². The summed E-state index contributed by atoms with van der Waals surface area (Å²) < 4.78 is 5.32. The molecule has 12 heavy (non-hydrogen) atoms. The van der Waals surface area contributed by atoms with E-state index in [-0.39, 0.29) is 12.1 Å². The SMILES string of the molecule is CC(C)N=C(COC(C)C)NN. The van der Waals surface area contributed by atoms with Crippen LogP contribution in [-0.2, 0) is 4.74 Å². The van der Waals surface area contributed by atoms with Crippen LogP contribution in [0, 0.1) is 0 Å². The number of amidine groups is 1. The first-order valence-electron chi connectivity index (χ1n) is 4.21. The number of nitrogens with zero attached hydrogens (tertiary/aromatic N) is 1. The van der Waals surface area contributed by atoms with Gasteiger partial charge < -0.3 is 10.2 Å². The predicted octanol–water partition coefficient (Wildman–Crippen LogP) is 0.682. The summed E-state index contributed by atoms with van der Waals surface area (Å²) in [5, 5.41) is 0. The molecule has 0 saturated carbocycles. The van der Waals surface area contributed by atoms with E-state index >= 15 is 0 Å². The van der Waals surface area contributed by atoms with E-state index in [4.69, 9.17) is 10.6 Å². The van der Waals surface area contributed by atoms with Crippen molar-refractivity contribution in [3.8, 4) is 0 Å². The molecule has 0 heterocycles. The second kappa shape index (κ2) is 5.97.